The maximum Gasteiger partial charge on any atom is 0.251 e. The molecule has 0 saturated carbocycles. The minimum atomic E-state index is -0.0685. The quantitative estimate of drug-likeness (QED) is 0.399. The molecule has 32 heavy (non-hydrogen) atoms. The number of nitrogens with one attached hydrogen (secondary N) is 3. The number of carbonyl (C=O) groups excluding carboxylic acids is 1. The Labute approximate surface area is 205 Å². The van der Waals surface area contributed by atoms with Gasteiger partial charge in [0.25, 0.3) is 5.91 Å². The lowest BCUT2D eigenvalue weighted by molar-refractivity contribution is 0.0963. The van der Waals surface area contributed by atoms with Gasteiger partial charge in [-0.25, -0.2) is 9.97 Å². The fourth-order valence-electron chi connectivity index (χ4n) is 3.97. The largest absolute Gasteiger partial charge is 0.355 e. The number of carbonyl (C=O) groups is 1. The molecule has 0 bridgehead atoms. The number of piperidine rings is 1. The zero-order valence-electron chi connectivity index (χ0n) is 18.4. The Morgan fingerprint density at radius 1 is 1.22 bits per heavy atom. The van der Waals surface area contributed by atoms with Crippen LogP contribution in [0.3, 0.4) is 0 Å². The third kappa shape index (κ3) is 6.32. The van der Waals surface area contributed by atoms with Gasteiger partial charge < -0.3 is 16.0 Å². The number of thiophene rings is 1. The third-order valence-corrected chi connectivity index (χ3v) is 6.85. The number of fused-ring (bicyclic) bond motifs is 1. The second kappa shape index (κ2) is 12.3. The average Bonchev–Trinajstić information content (AvgIpc) is 3.21. The fourth-order valence-corrected chi connectivity index (χ4v) is 5.13. The molecule has 6 nitrogen and oxygen atoms in total. The van der Waals surface area contributed by atoms with Gasteiger partial charge in [0.15, 0.2) is 0 Å². The molecular formula is C23H31Cl2N5OS. The monoisotopic (exact) mass is 495 g/mol. The summed E-state index contributed by atoms with van der Waals surface area (Å²) in [6.45, 7) is 5.25. The number of halogens is 2. The van der Waals surface area contributed by atoms with Gasteiger partial charge in [-0.15, -0.1) is 36.2 Å². The Morgan fingerprint density at radius 3 is 2.75 bits per heavy atom. The van der Waals surface area contributed by atoms with Crippen LogP contribution < -0.4 is 16.0 Å². The van der Waals surface area contributed by atoms with Crippen molar-refractivity contribution in [3.63, 3.8) is 0 Å². The summed E-state index contributed by atoms with van der Waals surface area (Å²) in [6.07, 6.45) is 6.87. The molecule has 3 heterocycles. The summed E-state index contributed by atoms with van der Waals surface area (Å²) in [7, 11) is 1.65. The van der Waals surface area contributed by atoms with Crippen molar-refractivity contribution < 1.29 is 4.79 Å². The summed E-state index contributed by atoms with van der Waals surface area (Å²) in [5.74, 6) is 1.46. The molecule has 0 unspecified atom stereocenters. The van der Waals surface area contributed by atoms with Crippen LogP contribution in [-0.4, -0.2) is 42.6 Å². The van der Waals surface area contributed by atoms with E-state index < -0.39 is 0 Å². The minimum Gasteiger partial charge on any atom is -0.355 e. The fraction of sp³-hybridized carbons (Fsp3) is 0.435. The van der Waals surface area contributed by atoms with Crippen molar-refractivity contribution in [3.05, 3.63) is 41.6 Å². The number of aryl methyl sites for hydroxylation is 1. The van der Waals surface area contributed by atoms with Crippen molar-refractivity contribution in [2.75, 3.05) is 32.0 Å². The highest BCUT2D eigenvalue weighted by Gasteiger charge is 2.14. The molecule has 4 rings (SSSR count). The predicted octanol–water partition coefficient (Wildman–Crippen LogP) is 5.06. The van der Waals surface area contributed by atoms with E-state index in [0.717, 1.165) is 58.2 Å². The van der Waals surface area contributed by atoms with Crippen LogP contribution in [0.15, 0.2) is 30.5 Å². The lowest BCUT2D eigenvalue weighted by Gasteiger charge is -2.22. The summed E-state index contributed by atoms with van der Waals surface area (Å²) in [6, 6.07) is 7.94. The number of hydrogen-bond donors (Lipinski definition) is 3. The first kappa shape index (κ1) is 26.3. The number of aromatic nitrogens is 2. The highest BCUT2D eigenvalue weighted by Crippen LogP contribution is 2.34. The number of nitrogens with zero attached hydrogens (tertiary/aromatic N) is 2. The summed E-state index contributed by atoms with van der Waals surface area (Å²) < 4.78 is 1.08. The van der Waals surface area contributed by atoms with Crippen molar-refractivity contribution in [1.29, 1.82) is 0 Å². The molecule has 2 aromatic heterocycles. The van der Waals surface area contributed by atoms with E-state index >= 15 is 0 Å². The van der Waals surface area contributed by atoms with E-state index in [1.54, 1.807) is 18.4 Å². The van der Waals surface area contributed by atoms with Crippen LogP contribution in [0.4, 0.5) is 5.95 Å². The van der Waals surface area contributed by atoms with E-state index in [9.17, 15) is 4.79 Å². The van der Waals surface area contributed by atoms with Crippen LogP contribution in [0.2, 0.25) is 0 Å². The van der Waals surface area contributed by atoms with E-state index in [-0.39, 0.29) is 30.7 Å². The predicted molar refractivity (Wildman–Crippen MR) is 139 cm³/mol. The number of amides is 1. The molecule has 174 valence electrons. The van der Waals surface area contributed by atoms with Crippen molar-refractivity contribution >= 4 is 58.1 Å². The molecule has 0 aliphatic carbocycles. The Bertz CT molecular complexity index is 1040. The van der Waals surface area contributed by atoms with Gasteiger partial charge in [-0.2, -0.15) is 0 Å². The molecule has 0 radical (unpaired) electrons. The SMILES string of the molecule is CNC(=O)c1ccc2cc(-c3nc(NCCCC4CCNCC4)ncc3C)sc2c1.Cl.Cl. The van der Waals surface area contributed by atoms with Crippen molar-refractivity contribution in [1.82, 2.24) is 20.6 Å². The van der Waals surface area contributed by atoms with Gasteiger partial charge in [0.1, 0.15) is 0 Å². The number of hydrogen-bond acceptors (Lipinski definition) is 6. The minimum absolute atomic E-state index is 0. The molecule has 1 fully saturated rings. The first-order valence-corrected chi connectivity index (χ1v) is 11.5. The topological polar surface area (TPSA) is 78.9 Å². The Morgan fingerprint density at radius 2 is 2.00 bits per heavy atom. The van der Waals surface area contributed by atoms with Gasteiger partial charge in [0.2, 0.25) is 5.95 Å². The number of benzene rings is 1. The molecule has 1 aromatic carbocycles. The van der Waals surface area contributed by atoms with Crippen molar-refractivity contribution in [2.45, 2.75) is 32.6 Å². The summed E-state index contributed by atoms with van der Waals surface area (Å²) >= 11 is 1.66. The molecule has 3 N–H and O–H groups in total. The second-order valence-electron chi connectivity index (χ2n) is 7.93. The van der Waals surface area contributed by atoms with Gasteiger partial charge in [0, 0.05) is 30.1 Å². The first-order valence-electron chi connectivity index (χ1n) is 10.7. The van der Waals surface area contributed by atoms with E-state index in [2.05, 4.69) is 27.0 Å². The molecule has 1 aliphatic heterocycles. The zero-order valence-corrected chi connectivity index (χ0v) is 20.9. The van der Waals surface area contributed by atoms with E-state index in [4.69, 9.17) is 4.98 Å². The Kier molecular flexibility index (Phi) is 10.2. The molecule has 0 atom stereocenters. The molecule has 1 amide bonds. The van der Waals surface area contributed by atoms with Gasteiger partial charge >= 0.3 is 0 Å². The smallest absolute Gasteiger partial charge is 0.251 e. The van der Waals surface area contributed by atoms with Crippen LogP contribution in [0, 0.1) is 12.8 Å². The van der Waals surface area contributed by atoms with E-state index in [1.807, 2.05) is 31.3 Å². The average molecular weight is 497 g/mol. The molecule has 1 aliphatic rings. The second-order valence-corrected chi connectivity index (χ2v) is 9.01. The standard InChI is InChI=1S/C23H29N5OS.2ClH/c1-15-14-27-23(26-9-3-4-16-7-10-25-11-8-16)28-21(15)20-12-17-5-6-18(22(29)24-2)13-19(17)30-20;;/h5-6,12-14,16,25H,3-4,7-11H2,1-2H3,(H,24,29)(H,26,27,28);2*1H. The van der Waals surface area contributed by atoms with Crippen LogP contribution in [-0.2, 0) is 0 Å². The zero-order chi connectivity index (χ0) is 20.9. The van der Waals surface area contributed by atoms with Gasteiger partial charge in [-0.1, -0.05) is 6.07 Å². The van der Waals surface area contributed by atoms with Crippen LogP contribution in [0.1, 0.15) is 41.6 Å². The van der Waals surface area contributed by atoms with Crippen molar-refractivity contribution in [3.8, 4) is 10.6 Å². The lowest BCUT2D eigenvalue weighted by atomic mass is 9.93. The van der Waals surface area contributed by atoms with Gasteiger partial charge in [-0.05, 0) is 80.8 Å². The molecule has 3 aromatic rings. The maximum absolute atomic E-state index is 11.9. The van der Waals surface area contributed by atoms with Gasteiger partial charge in [-0.3, -0.25) is 4.79 Å². The van der Waals surface area contributed by atoms with Gasteiger partial charge in [0.05, 0.1) is 10.6 Å². The maximum atomic E-state index is 11.9. The number of rotatable bonds is 7. The highest BCUT2D eigenvalue weighted by molar-refractivity contribution is 7.22. The molecule has 9 heteroatoms. The Hall–Kier alpha value is -1.93. The van der Waals surface area contributed by atoms with E-state index in [0.29, 0.717) is 11.5 Å². The highest BCUT2D eigenvalue weighted by atomic mass is 35.5. The molecule has 1 saturated heterocycles. The lowest BCUT2D eigenvalue weighted by Crippen LogP contribution is -2.27. The van der Waals surface area contributed by atoms with Crippen molar-refractivity contribution in [2.24, 2.45) is 5.92 Å². The third-order valence-electron chi connectivity index (χ3n) is 5.75. The van der Waals surface area contributed by atoms with Crippen LogP contribution in [0.25, 0.3) is 20.7 Å². The molecule has 0 spiro atoms. The normalized spacial score (nSPS) is 13.8. The van der Waals surface area contributed by atoms with Crippen LogP contribution in [0.5, 0.6) is 0 Å². The van der Waals surface area contributed by atoms with E-state index in [1.165, 1.54) is 19.3 Å². The first-order chi connectivity index (χ1) is 14.6. The summed E-state index contributed by atoms with van der Waals surface area (Å²) in [5, 5.41) is 10.6. The summed E-state index contributed by atoms with van der Waals surface area (Å²) in [4.78, 5) is 22.3. The molecular weight excluding hydrogens is 465 g/mol. The number of anilines is 1. The van der Waals surface area contributed by atoms with Crippen LogP contribution >= 0.6 is 36.2 Å². The Balaban J connectivity index is 0.00000181. The summed E-state index contributed by atoms with van der Waals surface area (Å²) in [5.41, 5.74) is 2.68.